The molecule has 1 aromatic rings. The fourth-order valence-corrected chi connectivity index (χ4v) is 2.26. The number of aromatic nitrogens is 1. The van der Waals surface area contributed by atoms with E-state index in [-0.39, 0.29) is 0 Å². The maximum absolute atomic E-state index is 9.87. The van der Waals surface area contributed by atoms with E-state index < -0.39 is 5.60 Å². The molecule has 2 rings (SSSR count). The zero-order valence-corrected chi connectivity index (χ0v) is 10.9. The summed E-state index contributed by atoms with van der Waals surface area (Å²) in [5, 5.41) is 9.87. The first-order valence-electron chi connectivity index (χ1n) is 5.36. The standard InChI is InChI=1S/C11H16BrN3O/c1-11(16)2-4-15(5-3-11)10-9(13)6-8(12)7-14-10/h6-7,16H,2-5,13H2,1H3. The van der Waals surface area contributed by atoms with Crippen molar-refractivity contribution in [2.24, 2.45) is 0 Å². The molecule has 0 atom stereocenters. The molecule has 4 nitrogen and oxygen atoms in total. The van der Waals surface area contributed by atoms with Crippen LogP contribution in [0.1, 0.15) is 19.8 Å². The summed E-state index contributed by atoms with van der Waals surface area (Å²) in [4.78, 5) is 6.45. The van der Waals surface area contributed by atoms with E-state index in [4.69, 9.17) is 5.73 Å². The van der Waals surface area contributed by atoms with E-state index in [9.17, 15) is 5.11 Å². The van der Waals surface area contributed by atoms with Crippen molar-refractivity contribution in [1.29, 1.82) is 0 Å². The predicted molar refractivity (Wildman–Crippen MR) is 68.4 cm³/mol. The summed E-state index contributed by atoms with van der Waals surface area (Å²) in [5.41, 5.74) is 6.06. The van der Waals surface area contributed by atoms with Gasteiger partial charge in [-0.3, -0.25) is 0 Å². The van der Waals surface area contributed by atoms with Crippen LogP contribution < -0.4 is 10.6 Å². The molecular weight excluding hydrogens is 270 g/mol. The van der Waals surface area contributed by atoms with Crippen LogP contribution in [0.5, 0.6) is 0 Å². The molecule has 0 aromatic carbocycles. The minimum atomic E-state index is -0.541. The van der Waals surface area contributed by atoms with Crippen molar-refractivity contribution in [3.8, 4) is 0 Å². The first kappa shape index (κ1) is 11.7. The molecule has 0 aliphatic carbocycles. The number of nitrogen functional groups attached to an aromatic ring is 1. The van der Waals surface area contributed by atoms with Crippen molar-refractivity contribution in [2.45, 2.75) is 25.4 Å². The zero-order valence-electron chi connectivity index (χ0n) is 9.28. The molecule has 1 aromatic heterocycles. The van der Waals surface area contributed by atoms with E-state index in [1.165, 1.54) is 0 Å². The van der Waals surface area contributed by atoms with Crippen molar-refractivity contribution in [1.82, 2.24) is 4.98 Å². The Morgan fingerprint density at radius 1 is 1.50 bits per heavy atom. The normalized spacial score (nSPS) is 19.8. The number of pyridine rings is 1. The van der Waals surface area contributed by atoms with Gasteiger partial charge in [-0.25, -0.2) is 4.98 Å². The van der Waals surface area contributed by atoms with Crippen LogP contribution in [0.3, 0.4) is 0 Å². The Bertz CT molecular complexity index is 385. The van der Waals surface area contributed by atoms with Crippen molar-refractivity contribution in [3.05, 3.63) is 16.7 Å². The summed E-state index contributed by atoms with van der Waals surface area (Å²) < 4.78 is 0.887. The van der Waals surface area contributed by atoms with Gasteiger partial charge in [0, 0.05) is 23.8 Å². The first-order valence-corrected chi connectivity index (χ1v) is 6.16. The lowest BCUT2D eigenvalue weighted by Crippen LogP contribution is -2.43. The molecule has 1 aliphatic rings. The molecule has 1 fully saturated rings. The van der Waals surface area contributed by atoms with Crippen LogP contribution in [0.2, 0.25) is 0 Å². The number of hydrogen-bond acceptors (Lipinski definition) is 4. The second kappa shape index (κ2) is 4.22. The van der Waals surface area contributed by atoms with Gasteiger partial charge in [0.15, 0.2) is 5.82 Å². The number of nitrogens with zero attached hydrogens (tertiary/aromatic N) is 2. The maximum atomic E-state index is 9.87. The van der Waals surface area contributed by atoms with Gasteiger partial charge in [0.05, 0.1) is 11.3 Å². The third kappa shape index (κ3) is 2.47. The van der Waals surface area contributed by atoms with E-state index in [1.807, 2.05) is 13.0 Å². The van der Waals surface area contributed by atoms with E-state index in [0.29, 0.717) is 5.69 Å². The van der Waals surface area contributed by atoms with Gasteiger partial charge in [-0.05, 0) is 41.8 Å². The number of hydrogen-bond donors (Lipinski definition) is 2. The highest BCUT2D eigenvalue weighted by Gasteiger charge is 2.28. The lowest BCUT2D eigenvalue weighted by molar-refractivity contribution is 0.0350. The zero-order chi connectivity index (χ0) is 11.8. The monoisotopic (exact) mass is 285 g/mol. The molecule has 0 spiro atoms. The summed E-state index contributed by atoms with van der Waals surface area (Å²) in [6.45, 7) is 3.47. The number of aliphatic hydroxyl groups is 1. The van der Waals surface area contributed by atoms with Crippen LogP contribution in [0.4, 0.5) is 11.5 Å². The topological polar surface area (TPSA) is 62.4 Å². The van der Waals surface area contributed by atoms with Crippen molar-refractivity contribution in [2.75, 3.05) is 23.7 Å². The van der Waals surface area contributed by atoms with Crippen LogP contribution >= 0.6 is 15.9 Å². The summed E-state index contributed by atoms with van der Waals surface area (Å²) in [5.74, 6) is 0.818. The molecule has 88 valence electrons. The predicted octanol–water partition coefficient (Wildman–Crippen LogP) is 1.78. The molecule has 16 heavy (non-hydrogen) atoms. The van der Waals surface area contributed by atoms with Gasteiger partial charge in [0.1, 0.15) is 0 Å². The Balaban J connectivity index is 2.14. The molecule has 0 unspecified atom stereocenters. The number of halogens is 1. The average molecular weight is 286 g/mol. The van der Waals surface area contributed by atoms with E-state index in [0.717, 1.165) is 36.2 Å². The van der Waals surface area contributed by atoms with Gasteiger partial charge >= 0.3 is 0 Å². The van der Waals surface area contributed by atoms with Gasteiger partial charge in [0.2, 0.25) is 0 Å². The van der Waals surface area contributed by atoms with Gasteiger partial charge in [-0.1, -0.05) is 0 Å². The van der Waals surface area contributed by atoms with E-state index in [2.05, 4.69) is 25.8 Å². The van der Waals surface area contributed by atoms with E-state index in [1.54, 1.807) is 6.20 Å². The number of piperidine rings is 1. The summed E-state index contributed by atoms with van der Waals surface area (Å²) >= 11 is 3.34. The Morgan fingerprint density at radius 3 is 2.69 bits per heavy atom. The highest BCUT2D eigenvalue weighted by atomic mass is 79.9. The molecule has 5 heteroatoms. The molecule has 1 aliphatic heterocycles. The van der Waals surface area contributed by atoms with Gasteiger partial charge < -0.3 is 15.7 Å². The highest BCUT2D eigenvalue weighted by Crippen LogP contribution is 2.29. The molecular formula is C11H16BrN3O. The SMILES string of the molecule is CC1(O)CCN(c2ncc(Br)cc2N)CC1. The second-order valence-corrected chi connectivity index (χ2v) is 5.47. The van der Waals surface area contributed by atoms with Gasteiger partial charge in [-0.15, -0.1) is 0 Å². The lowest BCUT2D eigenvalue weighted by atomic mass is 9.94. The third-order valence-corrected chi connectivity index (χ3v) is 3.44. The summed E-state index contributed by atoms with van der Waals surface area (Å²) in [6, 6.07) is 1.86. The van der Waals surface area contributed by atoms with Crippen molar-refractivity contribution in [3.63, 3.8) is 0 Å². The molecule has 0 bridgehead atoms. The molecule has 0 radical (unpaired) electrons. The molecule has 2 heterocycles. The number of nitrogens with two attached hydrogens (primary N) is 1. The average Bonchev–Trinajstić information content (AvgIpc) is 2.19. The van der Waals surface area contributed by atoms with E-state index >= 15 is 0 Å². The molecule has 0 amide bonds. The third-order valence-electron chi connectivity index (χ3n) is 3.00. The summed E-state index contributed by atoms with van der Waals surface area (Å²) in [6.07, 6.45) is 3.26. The minimum absolute atomic E-state index is 0.541. The first-order chi connectivity index (χ1) is 7.48. The Kier molecular flexibility index (Phi) is 3.08. The Labute approximate surface area is 104 Å². The molecule has 3 N–H and O–H groups in total. The van der Waals surface area contributed by atoms with Crippen LogP contribution in [-0.4, -0.2) is 28.8 Å². The van der Waals surface area contributed by atoms with Crippen molar-refractivity contribution >= 4 is 27.4 Å². The van der Waals surface area contributed by atoms with Crippen LogP contribution in [0.15, 0.2) is 16.7 Å². The van der Waals surface area contributed by atoms with Gasteiger partial charge in [0.25, 0.3) is 0 Å². The van der Waals surface area contributed by atoms with Crippen LogP contribution in [-0.2, 0) is 0 Å². The smallest absolute Gasteiger partial charge is 0.151 e. The lowest BCUT2D eigenvalue weighted by Gasteiger charge is -2.36. The maximum Gasteiger partial charge on any atom is 0.151 e. The molecule has 1 saturated heterocycles. The summed E-state index contributed by atoms with van der Waals surface area (Å²) in [7, 11) is 0. The quantitative estimate of drug-likeness (QED) is 0.826. The Hall–Kier alpha value is -0.810. The Morgan fingerprint density at radius 2 is 2.12 bits per heavy atom. The number of rotatable bonds is 1. The number of anilines is 2. The van der Waals surface area contributed by atoms with Gasteiger partial charge in [-0.2, -0.15) is 0 Å². The van der Waals surface area contributed by atoms with Crippen LogP contribution in [0.25, 0.3) is 0 Å². The minimum Gasteiger partial charge on any atom is -0.396 e. The van der Waals surface area contributed by atoms with Crippen molar-refractivity contribution < 1.29 is 5.11 Å². The fraction of sp³-hybridized carbons (Fsp3) is 0.545. The van der Waals surface area contributed by atoms with Crippen LogP contribution in [0, 0.1) is 0 Å². The highest BCUT2D eigenvalue weighted by molar-refractivity contribution is 9.10. The molecule has 0 saturated carbocycles. The second-order valence-electron chi connectivity index (χ2n) is 4.55. The fourth-order valence-electron chi connectivity index (χ4n) is 1.91. The largest absolute Gasteiger partial charge is 0.396 e.